The molecule has 9 nitrogen and oxygen atoms in total. The zero-order valence-corrected chi connectivity index (χ0v) is 18.2. The van der Waals surface area contributed by atoms with Crippen LogP contribution in [0.3, 0.4) is 0 Å². The number of nitrogens with zero attached hydrogens (tertiary/aromatic N) is 7. The summed E-state index contributed by atoms with van der Waals surface area (Å²) in [6.07, 6.45) is 0. The number of azo groups is 1. The second kappa shape index (κ2) is 8.99. The molecule has 0 aliphatic carbocycles. The monoisotopic (exact) mass is 449 g/mol. The van der Waals surface area contributed by atoms with Crippen molar-refractivity contribution in [1.29, 1.82) is 0 Å². The third kappa shape index (κ3) is 4.02. The fourth-order valence-corrected chi connectivity index (χ4v) is 3.47. The van der Waals surface area contributed by atoms with E-state index in [-0.39, 0.29) is 23.2 Å². The lowest BCUT2D eigenvalue weighted by Crippen LogP contribution is -2.29. The third-order valence-electron chi connectivity index (χ3n) is 5.20. The maximum atomic E-state index is 13.2. The summed E-state index contributed by atoms with van der Waals surface area (Å²) in [5.41, 5.74) is 2.28. The first-order valence-electron chi connectivity index (χ1n) is 10.6. The Bertz CT molecular complexity index is 1400. The number of hydrogen-bond donors (Lipinski definition) is 0. The predicted octanol–water partition coefficient (Wildman–Crippen LogP) is 4.37. The molecule has 0 saturated carbocycles. The van der Waals surface area contributed by atoms with Gasteiger partial charge in [-0.3, -0.25) is 9.59 Å². The fraction of sp³-hybridized carbons (Fsp3) is 0.0800. The van der Waals surface area contributed by atoms with Crippen LogP contribution in [0.25, 0.3) is 5.69 Å². The zero-order chi connectivity index (χ0) is 23.5. The number of para-hydroxylation sites is 2. The van der Waals surface area contributed by atoms with E-state index in [2.05, 4.69) is 25.5 Å². The van der Waals surface area contributed by atoms with Crippen LogP contribution in [0.15, 0.2) is 106 Å². The van der Waals surface area contributed by atoms with Crippen molar-refractivity contribution in [2.24, 2.45) is 15.3 Å². The quantitative estimate of drug-likeness (QED) is 0.322. The second-order valence-electron chi connectivity index (χ2n) is 7.54. The molecule has 1 aliphatic rings. The normalized spacial score (nSPS) is 15.7. The van der Waals surface area contributed by atoms with Crippen molar-refractivity contribution >= 4 is 28.9 Å². The van der Waals surface area contributed by atoms with E-state index in [1.807, 2.05) is 54.6 Å². The molecule has 1 amide bonds. The average Bonchev–Trinajstić information content (AvgIpc) is 3.44. The first-order chi connectivity index (χ1) is 16.6. The molecule has 34 heavy (non-hydrogen) atoms. The van der Waals surface area contributed by atoms with Crippen LogP contribution in [0.4, 0.5) is 11.5 Å². The molecule has 0 spiro atoms. The van der Waals surface area contributed by atoms with Gasteiger partial charge in [-0.05, 0) is 31.2 Å². The lowest BCUT2D eigenvalue weighted by molar-refractivity contribution is -0.117. The molecule has 0 bridgehead atoms. The molecule has 0 radical (unpaired) electrons. The molecule has 166 valence electrons. The smallest absolute Gasteiger partial charge is 0.280 e. The van der Waals surface area contributed by atoms with E-state index in [0.29, 0.717) is 22.6 Å². The van der Waals surface area contributed by atoms with Gasteiger partial charge in [0.05, 0.1) is 17.1 Å². The molecule has 1 atom stereocenters. The van der Waals surface area contributed by atoms with Crippen LogP contribution in [0.1, 0.15) is 23.0 Å². The number of hydrogen-bond acceptors (Lipinski definition) is 7. The van der Waals surface area contributed by atoms with Gasteiger partial charge in [-0.2, -0.15) is 15.2 Å². The summed E-state index contributed by atoms with van der Waals surface area (Å²) < 4.78 is 0. The Balaban J connectivity index is 1.49. The van der Waals surface area contributed by atoms with Crippen molar-refractivity contribution in [2.45, 2.75) is 13.0 Å². The molecule has 2 heterocycles. The van der Waals surface area contributed by atoms with Crippen molar-refractivity contribution in [3.05, 3.63) is 102 Å². The van der Waals surface area contributed by atoms with Gasteiger partial charge in [0.1, 0.15) is 0 Å². The molecule has 1 aromatic heterocycles. The fourth-order valence-electron chi connectivity index (χ4n) is 3.47. The minimum Gasteiger partial charge on any atom is -0.287 e. The highest BCUT2D eigenvalue weighted by Gasteiger charge is 2.35. The van der Waals surface area contributed by atoms with Gasteiger partial charge in [0, 0.05) is 5.56 Å². The van der Waals surface area contributed by atoms with Crippen molar-refractivity contribution in [3.8, 4) is 5.69 Å². The van der Waals surface area contributed by atoms with Gasteiger partial charge in [0.2, 0.25) is 11.6 Å². The van der Waals surface area contributed by atoms with E-state index in [0.717, 1.165) is 0 Å². The summed E-state index contributed by atoms with van der Waals surface area (Å²) in [5, 5.41) is 22.8. The molecule has 0 N–H and O–H groups in total. The number of ketones is 1. The van der Waals surface area contributed by atoms with Gasteiger partial charge in [0.15, 0.2) is 11.7 Å². The summed E-state index contributed by atoms with van der Waals surface area (Å²) in [4.78, 5) is 27.4. The van der Waals surface area contributed by atoms with E-state index < -0.39 is 6.04 Å². The van der Waals surface area contributed by atoms with Crippen LogP contribution in [0.2, 0.25) is 0 Å². The van der Waals surface area contributed by atoms with Crippen LogP contribution in [0.5, 0.6) is 0 Å². The van der Waals surface area contributed by atoms with E-state index in [1.54, 1.807) is 43.3 Å². The highest BCUT2D eigenvalue weighted by atomic mass is 16.2. The van der Waals surface area contributed by atoms with Crippen LogP contribution >= 0.6 is 0 Å². The summed E-state index contributed by atoms with van der Waals surface area (Å²) in [7, 11) is 0. The van der Waals surface area contributed by atoms with Crippen LogP contribution in [-0.2, 0) is 4.79 Å². The average molecular weight is 449 g/mol. The maximum Gasteiger partial charge on any atom is 0.280 e. The van der Waals surface area contributed by atoms with Gasteiger partial charge >= 0.3 is 0 Å². The van der Waals surface area contributed by atoms with E-state index in [9.17, 15) is 9.59 Å². The summed E-state index contributed by atoms with van der Waals surface area (Å²) in [5.74, 6) is -0.652. The Kier molecular flexibility index (Phi) is 5.57. The topological polar surface area (TPSA) is 105 Å². The highest BCUT2D eigenvalue weighted by molar-refractivity contribution is 6.18. The van der Waals surface area contributed by atoms with Crippen molar-refractivity contribution < 1.29 is 9.59 Å². The van der Waals surface area contributed by atoms with Gasteiger partial charge in [0.25, 0.3) is 5.91 Å². The zero-order valence-electron chi connectivity index (χ0n) is 18.2. The number of hydrazone groups is 1. The first-order valence-corrected chi connectivity index (χ1v) is 10.6. The minimum atomic E-state index is -0.915. The van der Waals surface area contributed by atoms with Crippen molar-refractivity contribution in [3.63, 3.8) is 0 Å². The third-order valence-corrected chi connectivity index (χ3v) is 5.20. The molecular formula is C25H19N7O2. The van der Waals surface area contributed by atoms with Crippen LogP contribution < -0.4 is 5.01 Å². The molecule has 0 unspecified atom stereocenters. The number of carbonyl (C=O) groups excluding carboxylic acids is 2. The maximum absolute atomic E-state index is 13.2. The number of aromatic nitrogens is 3. The highest BCUT2D eigenvalue weighted by Crippen LogP contribution is 2.25. The first kappa shape index (κ1) is 21.1. The summed E-state index contributed by atoms with van der Waals surface area (Å²) in [6, 6.07) is 26.1. The van der Waals surface area contributed by atoms with Gasteiger partial charge in [-0.1, -0.05) is 66.7 Å². The SMILES string of the molecule is CC1=NN(c2ccccc2)C(=O)[C@@H]1N=Nc1nn(-c2ccccc2)nc1C(=O)c1ccccc1. The lowest BCUT2D eigenvalue weighted by Gasteiger charge is -2.11. The Morgan fingerprint density at radius 3 is 2.06 bits per heavy atom. The molecule has 3 aromatic carbocycles. The lowest BCUT2D eigenvalue weighted by atomic mass is 10.1. The van der Waals surface area contributed by atoms with Crippen LogP contribution in [-0.4, -0.2) is 38.4 Å². The molecule has 1 aliphatic heterocycles. The molecular weight excluding hydrogens is 430 g/mol. The Hall–Kier alpha value is -4.79. The van der Waals surface area contributed by atoms with Gasteiger partial charge in [-0.25, -0.2) is 0 Å². The Morgan fingerprint density at radius 1 is 0.824 bits per heavy atom. The van der Waals surface area contributed by atoms with Gasteiger partial charge < -0.3 is 0 Å². The van der Waals surface area contributed by atoms with Crippen LogP contribution in [0, 0.1) is 0 Å². The molecule has 5 rings (SSSR count). The number of benzene rings is 3. The van der Waals surface area contributed by atoms with E-state index in [1.165, 1.54) is 9.81 Å². The summed E-state index contributed by atoms with van der Waals surface area (Å²) >= 11 is 0. The number of rotatable bonds is 6. The summed E-state index contributed by atoms with van der Waals surface area (Å²) in [6.45, 7) is 1.71. The molecule has 0 fully saturated rings. The van der Waals surface area contributed by atoms with Crippen molar-refractivity contribution in [2.75, 3.05) is 5.01 Å². The van der Waals surface area contributed by atoms with Crippen molar-refractivity contribution in [1.82, 2.24) is 15.0 Å². The minimum absolute atomic E-state index is 0.0245. The number of amides is 1. The van der Waals surface area contributed by atoms with E-state index >= 15 is 0 Å². The molecule has 4 aromatic rings. The predicted molar refractivity (Wildman–Crippen MR) is 127 cm³/mol. The Labute approximate surface area is 195 Å². The van der Waals surface area contributed by atoms with Gasteiger partial charge in [-0.15, -0.1) is 20.1 Å². The number of anilines is 1. The molecule has 0 saturated heterocycles. The molecule has 9 heteroatoms. The Morgan fingerprint density at radius 2 is 1.41 bits per heavy atom. The van der Waals surface area contributed by atoms with E-state index in [4.69, 9.17) is 0 Å². The second-order valence-corrected chi connectivity index (χ2v) is 7.54. The largest absolute Gasteiger partial charge is 0.287 e. The standard InChI is InChI=1S/C25H19N7O2/c1-17-21(25(34)31(28-17)19-13-7-3-8-14-19)26-27-24-22(23(33)18-11-5-2-6-12-18)29-32(30-24)20-15-9-4-10-16-20/h2-16,21H,1H3/t21-/m1/s1. The number of carbonyl (C=O) groups is 2.